The SMILES string of the molecule is Cc1ccccc1C(=O)N1CCN(c2ccc(NC(=O)c3ccc(Br)cc3)cc2Cl)CC1. The van der Waals surface area contributed by atoms with E-state index in [2.05, 4.69) is 26.1 Å². The number of hydrogen-bond acceptors (Lipinski definition) is 3. The summed E-state index contributed by atoms with van der Waals surface area (Å²) < 4.78 is 0.919. The van der Waals surface area contributed by atoms with Crippen molar-refractivity contribution in [3.05, 3.63) is 92.9 Å². The Bertz CT molecular complexity index is 1140. The normalized spacial score (nSPS) is 13.7. The fourth-order valence-corrected chi connectivity index (χ4v) is 4.34. The third kappa shape index (κ3) is 4.97. The second-order valence-corrected chi connectivity index (χ2v) is 9.04. The van der Waals surface area contributed by atoms with Crippen LogP contribution in [0.15, 0.2) is 71.2 Å². The molecule has 1 saturated heterocycles. The minimum absolute atomic E-state index is 0.0693. The number of carbonyl (C=O) groups is 2. The zero-order valence-corrected chi connectivity index (χ0v) is 20.0. The maximum atomic E-state index is 12.9. The highest BCUT2D eigenvalue weighted by Crippen LogP contribution is 2.30. The lowest BCUT2D eigenvalue weighted by atomic mass is 10.1. The average Bonchev–Trinajstić information content (AvgIpc) is 2.80. The van der Waals surface area contributed by atoms with E-state index in [0.29, 0.717) is 42.5 Å². The molecular weight excluding hydrogens is 490 g/mol. The maximum absolute atomic E-state index is 12.9. The topological polar surface area (TPSA) is 52.7 Å². The number of hydrogen-bond donors (Lipinski definition) is 1. The van der Waals surface area contributed by atoms with E-state index >= 15 is 0 Å². The van der Waals surface area contributed by atoms with Crippen molar-refractivity contribution < 1.29 is 9.59 Å². The predicted octanol–water partition coefficient (Wildman–Crippen LogP) is 5.63. The van der Waals surface area contributed by atoms with Gasteiger partial charge in [0.25, 0.3) is 11.8 Å². The molecule has 0 aromatic heterocycles. The van der Waals surface area contributed by atoms with E-state index in [0.717, 1.165) is 21.3 Å². The van der Waals surface area contributed by atoms with Gasteiger partial charge in [0.1, 0.15) is 0 Å². The van der Waals surface area contributed by atoms with Gasteiger partial charge in [0.2, 0.25) is 0 Å². The van der Waals surface area contributed by atoms with E-state index in [1.54, 1.807) is 18.2 Å². The predicted molar refractivity (Wildman–Crippen MR) is 133 cm³/mol. The van der Waals surface area contributed by atoms with Crippen LogP contribution in [0.1, 0.15) is 26.3 Å². The van der Waals surface area contributed by atoms with Crippen molar-refractivity contribution in [2.75, 3.05) is 36.4 Å². The van der Waals surface area contributed by atoms with E-state index in [1.807, 2.05) is 60.4 Å². The van der Waals surface area contributed by atoms with Crippen LogP contribution in [0, 0.1) is 6.92 Å². The molecule has 1 fully saturated rings. The van der Waals surface area contributed by atoms with Gasteiger partial charge in [0.15, 0.2) is 0 Å². The van der Waals surface area contributed by atoms with Crippen molar-refractivity contribution in [1.29, 1.82) is 0 Å². The molecule has 4 rings (SSSR count). The molecule has 5 nitrogen and oxygen atoms in total. The molecule has 0 radical (unpaired) electrons. The molecule has 1 N–H and O–H groups in total. The first kappa shape index (κ1) is 22.4. The van der Waals surface area contributed by atoms with Gasteiger partial charge < -0.3 is 15.1 Å². The van der Waals surface area contributed by atoms with Gasteiger partial charge in [-0.1, -0.05) is 45.7 Å². The summed E-state index contributed by atoms with van der Waals surface area (Å²) in [4.78, 5) is 29.4. The molecule has 0 saturated carbocycles. The summed E-state index contributed by atoms with van der Waals surface area (Å²) >= 11 is 9.92. The largest absolute Gasteiger partial charge is 0.367 e. The molecular formula is C25H23BrClN3O2. The number of aryl methyl sites for hydroxylation is 1. The molecule has 1 heterocycles. The lowest BCUT2D eigenvalue weighted by Crippen LogP contribution is -2.49. The van der Waals surface area contributed by atoms with Crippen LogP contribution in [0.2, 0.25) is 5.02 Å². The highest BCUT2D eigenvalue weighted by Gasteiger charge is 2.24. The molecule has 164 valence electrons. The number of halogens is 2. The number of anilines is 2. The number of nitrogens with zero attached hydrogens (tertiary/aromatic N) is 2. The number of nitrogens with one attached hydrogen (secondary N) is 1. The van der Waals surface area contributed by atoms with Gasteiger partial charge in [-0.05, 0) is 61.0 Å². The van der Waals surface area contributed by atoms with Crippen LogP contribution in [0.3, 0.4) is 0 Å². The minimum atomic E-state index is -0.190. The number of rotatable bonds is 4. The summed E-state index contributed by atoms with van der Waals surface area (Å²) in [6.07, 6.45) is 0. The molecule has 0 atom stereocenters. The van der Waals surface area contributed by atoms with Gasteiger partial charge in [-0.2, -0.15) is 0 Å². The summed E-state index contributed by atoms with van der Waals surface area (Å²) in [6, 6.07) is 20.4. The summed E-state index contributed by atoms with van der Waals surface area (Å²) in [5.41, 5.74) is 3.85. The van der Waals surface area contributed by atoms with E-state index in [9.17, 15) is 9.59 Å². The standard InChI is InChI=1S/C25H23BrClN3O2/c1-17-4-2-3-5-21(17)25(32)30-14-12-29(13-15-30)23-11-10-20(16-22(23)27)28-24(31)18-6-8-19(26)9-7-18/h2-11,16H,12-15H2,1H3,(H,28,31). The number of amides is 2. The van der Waals surface area contributed by atoms with Crippen molar-refractivity contribution in [1.82, 2.24) is 4.90 Å². The third-order valence-corrected chi connectivity index (χ3v) is 6.43. The van der Waals surface area contributed by atoms with Gasteiger partial charge in [-0.15, -0.1) is 0 Å². The van der Waals surface area contributed by atoms with Gasteiger partial charge in [0, 0.05) is 47.5 Å². The van der Waals surface area contributed by atoms with Gasteiger partial charge in [0.05, 0.1) is 10.7 Å². The number of benzene rings is 3. The van der Waals surface area contributed by atoms with E-state index in [1.165, 1.54) is 0 Å². The Balaban J connectivity index is 1.39. The van der Waals surface area contributed by atoms with Crippen LogP contribution in [0.5, 0.6) is 0 Å². The molecule has 1 aliphatic rings. The first-order chi connectivity index (χ1) is 15.4. The Labute approximate surface area is 201 Å². The number of carbonyl (C=O) groups excluding carboxylic acids is 2. The van der Waals surface area contributed by atoms with Crippen LogP contribution in [-0.4, -0.2) is 42.9 Å². The highest BCUT2D eigenvalue weighted by atomic mass is 79.9. The first-order valence-corrected chi connectivity index (χ1v) is 11.6. The van der Waals surface area contributed by atoms with Crippen molar-refractivity contribution in [2.24, 2.45) is 0 Å². The maximum Gasteiger partial charge on any atom is 0.255 e. The van der Waals surface area contributed by atoms with Crippen LogP contribution in [0.4, 0.5) is 11.4 Å². The molecule has 0 bridgehead atoms. The summed E-state index contributed by atoms with van der Waals surface area (Å²) in [6.45, 7) is 4.61. The minimum Gasteiger partial charge on any atom is -0.367 e. The van der Waals surface area contributed by atoms with Crippen LogP contribution < -0.4 is 10.2 Å². The van der Waals surface area contributed by atoms with Gasteiger partial charge >= 0.3 is 0 Å². The second kappa shape index (κ2) is 9.76. The van der Waals surface area contributed by atoms with Crippen LogP contribution in [-0.2, 0) is 0 Å². The lowest BCUT2D eigenvalue weighted by molar-refractivity contribution is 0.0746. The fraction of sp³-hybridized carbons (Fsp3) is 0.200. The molecule has 2 amide bonds. The molecule has 7 heteroatoms. The van der Waals surface area contributed by atoms with Crippen LogP contribution >= 0.6 is 27.5 Å². The van der Waals surface area contributed by atoms with E-state index in [-0.39, 0.29) is 11.8 Å². The average molecular weight is 513 g/mol. The Morgan fingerprint density at radius 3 is 2.28 bits per heavy atom. The molecule has 0 unspecified atom stereocenters. The lowest BCUT2D eigenvalue weighted by Gasteiger charge is -2.36. The molecule has 0 aliphatic carbocycles. The Kier molecular flexibility index (Phi) is 6.82. The Hall–Kier alpha value is -2.83. The summed E-state index contributed by atoms with van der Waals surface area (Å²) in [5.74, 6) is -0.121. The van der Waals surface area contributed by atoms with Crippen molar-refractivity contribution in [3.8, 4) is 0 Å². The van der Waals surface area contributed by atoms with Gasteiger partial charge in [-0.3, -0.25) is 9.59 Å². The molecule has 1 aliphatic heterocycles. The zero-order chi connectivity index (χ0) is 22.7. The monoisotopic (exact) mass is 511 g/mol. The molecule has 3 aromatic carbocycles. The molecule has 0 spiro atoms. The van der Waals surface area contributed by atoms with Crippen molar-refractivity contribution in [2.45, 2.75) is 6.92 Å². The molecule has 3 aromatic rings. The Morgan fingerprint density at radius 2 is 1.62 bits per heavy atom. The van der Waals surface area contributed by atoms with E-state index in [4.69, 9.17) is 11.6 Å². The smallest absolute Gasteiger partial charge is 0.255 e. The van der Waals surface area contributed by atoms with E-state index < -0.39 is 0 Å². The van der Waals surface area contributed by atoms with Crippen molar-refractivity contribution >= 4 is 50.7 Å². The first-order valence-electron chi connectivity index (χ1n) is 10.4. The second-order valence-electron chi connectivity index (χ2n) is 7.72. The van der Waals surface area contributed by atoms with Gasteiger partial charge in [-0.25, -0.2) is 0 Å². The fourth-order valence-electron chi connectivity index (χ4n) is 3.78. The van der Waals surface area contributed by atoms with Crippen molar-refractivity contribution in [3.63, 3.8) is 0 Å². The Morgan fingerprint density at radius 1 is 0.938 bits per heavy atom. The van der Waals surface area contributed by atoms with Crippen LogP contribution in [0.25, 0.3) is 0 Å². The molecule has 32 heavy (non-hydrogen) atoms. The summed E-state index contributed by atoms with van der Waals surface area (Å²) in [5, 5.41) is 3.45. The third-order valence-electron chi connectivity index (χ3n) is 5.60. The highest BCUT2D eigenvalue weighted by molar-refractivity contribution is 9.10. The summed E-state index contributed by atoms with van der Waals surface area (Å²) in [7, 11) is 0. The zero-order valence-electron chi connectivity index (χ0n) is 17.6. The quantitative estimate of drug-likeness (QED) is 0.493. The number of piperazine rings is 1.